The maximum atomic E-state index is 12.3. The zero-order valence-corrected chi connectivity index (χ0v) is 13.1. The first kappa shape index (κ1) is 14.2. The van der Waals surface area contributed by atoms with Crippen LogP contribution >= 0.6 is 0 Å². The first-order valence-electron chi connectivity index (χ1n) is 8.36. The Bertz CT molecular complexity index is 877. The Morgan fingerprint density at radius 2 is 1.70 bits per heavy atom. The van der Waals surface area contributed by atoms with E-state index in [9.17, 15) is 4.79 Å². The summed E-state index contributed by atoms with van der Waals surface area (Å²) < 4.78 is 7.35. The van der Waals surface area contributed by atoms with Gasteiger partial charge in [0.2, 0.25) is 0 Å². The van der Waals surface area contributed by atoms with Gasteiger partial charge >= 0.3 is 5.76 Å². The van der Waals surface area contributed by atoms with Gasteiger partial charge in [0.05, 0.1) is 5.39 Å². The van der Waals surface area contributed by atoms with Gasteiger partial charge in [0, 0.05) is 12.8 Å². The molecule has 1 saturated carbocycles. The fourth-order valence-corrected chi connectivity index (χ4v) is 3.52. The number of rotatable bonds is 2. The maximum absolute atomic E-state index is 12.3. The van der Waals surface area contributed by atoms with Gasteiger partial charge in [-0.1, -0.05) is 42.8 Å². The summed E-state index contributed by atoms with van der Waals surface area (Å²) >= 11 is 0. The van der Waals surface area contributed by atoms with Gasteiger partial charge in [-0.05, 0) is 36.1 Å². The van der Waals surface area contributed by atoms with E-state index in [-0.39, 0.29) is 11.8 Å². The van der Waals surface area contributed by atoms with E-state index in [1.54, 1.807) is 4.57 Å². The summed E-state index contributed by atoms with van der Waals surface area (Å²) in [5, 5.41) is 0.983. The summed E-state index contributed by atoms with van der Waals surface area (Å²) in [5.74, 6) is -0.239. The van der Waals surface area contributed by atoms with Gasteiger partial charge < -0.3 is 4.42 Å². The average Bonchev–Trinajstić information content (AvgIpc) is 2.62. The fraction of sp³-hybridized carbons (Fsp3) is 0.300. The topological polar surface area (TPSA) is 34.1 Å². The van der Waals surface area contributed by atoms with Gasteiger partial charge in [-0.25, -0.2) is 0 Å². The minimum Gasteiger partial charge on any atom is -0.372 e. The van der Waals surface area contributed by atoms with E-state index in [0.717, 1.165) is 23.8 Å². The van der Waals surface area contributed by atoms with E-state index < -0.39 is 0 Å². The second kappa shape index (κ2) is 5.99. The van der Waals surface area contributed by atoms with Crippen molar-refractivity contribution in [3.8, 4) is 11.1 Å². The molecule has 1 aromatic heterocycles. The van der Waals surface area contributed by atoms with Gasteiger partial charge in [-0.3, -0.25) is 0 Å². The van der Waals surface area contributed by atoms with Crippen molar-refractivity contribution >= 4 is 11.0 Å². The van der Waals surface area contributed by atoms with Crippen LogP contribution in [0.4, 0.5) is 0 Å². The summed E-state index contributed by atoms with van der Waals surface area (Å²) in [7, 11) is 0. The van der Waals surface area contributed by atoms with Gasteiger partial charge in [0.1, 0.15) is 0 Å². The molecule has 3 nitrogen and oxygen atoms in total. The minimum atomic E-state index is -0.239. The molecule has 0 amide bonds. The summed E-state index contributed by atoms with van der Waals surface area (Å²) in [5.41, 5.74) is 2.97. The van der Waals surface area contributed by atoms with Crippen LogP contribution in [0.2, 0.25) is 0 Å². The Labute approximate surface area is 135 Å². The summed E-state index contributed by atoms with van der Waals surface area (Å²) in [6, 6.07) is 16.6. The molecular formula is C20H20NO2+. The van der Waals surface area contributed by atoms with E-state index in [0.29, 0.717) is 5.58 Å². The van der Waals surface area contributed by atoms with Gasteiger partial charge in [0.15, 0.2) is 17.8 Å². The number of aromatic nitrogens is 1. The van der Waals surface area contributed by atoms with Crippen LogP contribution in [0.5, 0.6) is 0 Å². The van der Waals surface area contributed by atoms with Crippen molar-refractivity contribution in [1.82, 2.24) is 0 Å². The van der Waals surface area contributed by atoms with Crippen molar-refractivity contribution in [1.29, 1.82) is 0 Å². The average molecular weight is 306 g/mol. The predicted molar refractivity (Wildman–Crippen MR) is 90.2 cm³/mol. The third kappa shape index (κ3) is 2.79. The second-order valence-corrected chi connectivity index (χ2v) is 6.31. The van der Waals surface area contributed by atoms with Crippen molar-refractivity contribution in [2.75, 3.05) is 0 Å². The Hall–Kier alpha value is -2.42. The third-order valence-corrected chi connectivity index (χ3v) is 4.77. The summed E-state index contributed by atoms with van der Waals surface area (Å²) in [6.45, 7) is 0. The van der Waals surface area contributed by atoms with Gasteiger partial charge in [0.25, 0.3) is 0 Å². The van der Waals surface area contributed by atoms with Crippen LogP contribution in [-0.2, 0) is 0 Å². The first-order valence-corrected chi connectivity index (χ1v) is 8.36. The number of nitrogens with zero attached hydrogens (tertiary/aromatic N) is 1. The molecule has 116 valence electrons. The maximum Gasteiger partial charge on any atom is 0.602 e. The van der Waals surface area contributed by atoms with E-state index in [1.165, 1.54) is 24.8 Å². The lowest BCUT2D eigenvalue weighted by Crippen LogP contribution is -2.53. The van der Waals surface area contributed by atoms with Crippen molar-refractivity contribution in [3.63, 3.8) is 0 Å². The molecule has 0 spiro atoms. The molecule has 23 heavy (non-hydrogen) atoms. The van der Waals surface area contributed by atoms with Crippen molar-refractivity contribution < 1.29 is 8.98 Å². The van der Waals surface area contributed by atoms with E-state index in [1.807, 2.05) is 36.5 Å². The van der Waals surface area contributed by atoms with Crippen LogP contribution in [0.3, 0.4) is 0 Å². The Morgan fingerprint density at radius 3 is 2.48 bits per heavy atom. The standard InChI is InChI=1S/C20H20NO2/c22-20-21(18-9-5-2-6-10-18)14-17-13-16(11-12-19(17)23-20)15-7-3-1-4-8-15/h1,3-4,7-8,11-14,18H,2,5-6,9-10H2/q+1. The molecule has 1 heterocycles. The molecule has 0 unspecified atom stereocenters. The molecule has 0 saturated heterocycles. The van der Waals surface area contributed by atoms with Crippen LogP contribution in [0.15, 0.2) is 63.9 Å². The zero-order valence-electron chi connectivity index (χ0n) is 13.1. The van der Waals surface area contributed by atoms with E-state index in [4.69, 9.17) is 4.42 Å². The highest BCUT2D eigenvalue weighted by atomic mass is 16.4. The minimum absolute atomic E-state index is 0.239. The first-order chi connectivity index (χ1) is 11.3. The molecule has 1 aliphatic rings. The van der Waals surface area contributed by atoms with Crippen LogP contribution < -0.4 is 10.3 Å². The lowest BCUT2D eigenvalue weighted by atomic mass is 9.95. The second-order valence-electron chi connectivity index (χ2n) is 6.31. The number of fused-ring (bicyclic) bond motifs is 1. The SMILES string of the molecule is O=c1oc2ccc(-c3ccccc3)cc2c[n+]1C1CCCCC1. The molecule has 2 aromatic carbocycles. The zero-order chi connectivity index (χ0) is 15.6. The van der Waals surface area contributed by atoms with Gasteiger partial charge in [-0.2, -0.15) is 4.79 Å². The lowest BCUT2D eigenvalue weighted by Gasteiger charge is -2.15. The molecule has 0 bridgehead atoms. The molecule has 3 heteroatoms. The van der Waals surface area contributed by atoms with Crippen LogP contribution in [0, 0.1) is 0 Å². The normalized spacial score (nSPS) is 15.8. The highest BCUT2D eigenvalue weighted by Crippen LogP contribution is 2.25. The molecule has 1 fully saturated rings. The molecule has 4 rings (SSSR count). The van der Waals surface area contributed by atoms with Crippen LogP contribution in [-0.4, -0.2) is 0 Å². The number of hydrogen-bond donors (Lipinski definition) is 0. The molecule has 0 radical (unpaired) electrons. The van der Waals surface area contributed by atoms with Crippen molar-refractivity contribution in [2.45, 2.75) is 38.1 Å². The highest BCUT2D eigenvalue weighted by molar-refractivity contribution is 5.81. The Morgan fingerprint density at radius 1 is 0.913 bits per heavy atom. The number of benzene rings is 2. The molecular weight excluding hydrogens is 286 g/mol. The Balaban J connectivity index is 1.80. The summed E-state index contributed by atoms with van der Waals surface area (Å²) in [6.07, 6.45) is 7.77. The van der Waals surface area contributed by atoms with Crippen molar-refractivity contribution in [3.05, 3.63) is 65.3 Å². The molecule has 3 aromatic rings. The van der Waals surface area contributed by atoms with E-state index in [2.05, 4.69) is 18.2 Å². The monoisotopic (exact) mass is 306 g/mol. The lowest BCUT2D eigenvalue weighted by molar-refractivity contribution is -0.747. The quantitative estimate of drug-likeness (QED) is 0.663. The molecule has 0 atom stereocenters. The molecule has 1 aliphatic carbocycles. The van der Waals surface area contributed by atoms with Crippen LogP contribution in [0.1, 0.15) is 38.1 Å². The summed E-state index contributed by atoms with van der Waals surface area (Å²) in [4.78, 5) is 12.3. The Kier molecular flexibility index (Phi) is 3.70. The predicted octanol–water partition coefficient (Wildman–Crippen LogP) is 4.25. The van der Waals surface area contributed by atoms with Gasteiger partial charge in [-0.15, -0.1) is 4.57 Å². The third-order valence-electron chi connectivity index (χ3n) is 4.77. The number of hydrogen-bond acceptors (Lipinski definition) is 2. The van der Waals surface area contributed by atoms with Crippen molar-refractivity contribution in [2.24, 2.45) is 0 Å². The molecule has 0 N–H and O–H groups in total. The smallest absolute Gasteiger partial charge is 0.372 e. The molecule has 0 aliphatic heterocycles. The largest absolute Gasteiger partial charge is 0.602 e. The fourth-order valence-electron chi connectivity index (χ4n) is 3.52. The van der Waals surface area contributed by atoms with E-state index >= 15 is 0 Å². The highest BCUT2D eigenvalue weighted by Gasteiger charge is 2.26. The van der Waals surface area contributed by atoms with Crippen LogP contribution in [0.25, 0.3) is 22.1 Å².